The van der Waals surface area contributed by atoms with Gasteiger partial charge in [0.2, 0.25) is 0 Å². The van der Waals surface area contributed by atoms with E-state index in [0.717, 1.165) is 9.52 Å². The first-order valence-corrected chi connectivity index (χ1v) is 4.55. The Morgan fingerprint density at radius 1 is 1.08 bits per heavy atom. The van der Waals surface area contributed by atoms with E-state index in [1.807, 2.05) is 29.1 Å². The largest absolute Gasteiger partial charge is 0.307 e. The van der Waals surface area contributed by atoms with Crippen LogP contribution in [0.2, 0.25) is 0 Å². The summed E-state index contributed by atoms with van der Waals surface area (Å²) in [4.78, 5) is 8.35. The molecular weight excluding hydrogens is 265 g/mol. The third-order valence-electron chi connectivity index (χ3n) is 1.48. The second-order valence-electron chi connectivity index (χ2n) is 2.29. The fraction of sp³-hybridized carbons (Fsp3) is 0. The van der Waals surface area contributed by atoms with Crippen molar-refractivity contribution in [1.29, 1.82) is 0 Å². The van der Waals surface area contributed by atoms with Gasteiger partial charge in [0.25, 0.3) is 0 Å². The van der Waals surface area contributed by atoms with Gasteiger partial charge in [0.1, 0.15) is 3.70 Å². The lowest BCUT2D eigenvalue weighted by Gasteiger charge is -1.99. The Hall–Kier alpha value is -0.910. The Labute approximate surface area is 83.6 Å². The normalized spacial score (nSPS) is 10.1. The fourth-order valence-corrected chi connectivity index (χ4v) is 1.20. The van der Waals surface area contributed by atoms with E-state index < -0.39 is 0 Å². The van der Waals surface area contributed by atoms with Crippen molar-refractivity contribution in [2.45, 2.75) is 0 Å². The molecule has 2 aromatic heterocycles. The maximum Gasteiger partial charge on any atom is 0.155 e. The van der Waals surface area contributed by atoms with Gasteiger partial charge < -0.3 is 4.57 Å². The Kier molecular flexibility index (Phi) is 2.07. The molecule has 0 saturated carbocycles. The summed E-state index contributed by atoms with van der Waals surface area (Å²) in [6, 6.07) is 3.92. The molecular formula is C8H6IN3. The minimum atomic E-state index is 0.848. The van der Waals surface area contributed by atoms with Crippen LogP contribution in [0, 0.1) is 3.70 Å². The molecule has 0 fully saturated rings. The molecule has 0 aliphatic carbocycles. The number of hydrogen-bond donors (Lipinski definition) is 0. The summed E-state index contributed by atoms with van der Waals surface area (Å²) in [5, 5.41) is 0. The summed E-state index contributed by atoms with van der Waals surface area (Å²) in [5.74, 6) is 0.848. The highest BCUT2D eigenvalue weighted by Gasteiger charge is 1.95. The van der Waals surface area contributed by atoms with Gasteiger partial charge in [-0.05, 0) is 34.7 Å². The predicted molar refractivity (Wildman–Crippen MR) is 54.1 cm³/mol. The second-order valence-corrected chi connectivity index (χ2v) is 3.39. The lowest BCUT2D eigenvalue weighted by molar-refractivity contribution is 0.974. The van der Waals surface area contributed by atoms with Crippen molar-refractivity contribution < 1.29 is 0 Å². The van der Waals surface area contributed by atoms with E-state index in [2.05, 4.69) is 32.6 Å². The fourth-order valence-electron chi connectivity index (χ4n) is 0.926. The summed E-state index contributed by atoms with van der Waals surface area (Å²) in [7, 11) is 0. The van der Waals surface area contributed by atoms with Gasteiger partial charge in [-0.1, -0.05) is 0 Å². The average molecular weight is 271 g/mol. The second kappa shape index (κ2) is 3.22. The Morgan fingerprint density at radius 3 is 2.42 bits per heavy atom. The molecule has 0 aliphatic rings. The van der Waals surface area contributed by atoms with Crippen LogP contribution in [-0.4, -0.2) is 14.5 Å². The molecule has 0 atom stereocenters. The number of aromatic nitrogens is 3. The summed E-state index contributed by atoms with van der Waals surface area (Å²) in [5.41, 5.74) is 0. The van der Waals surface area contributed by atoms with Crippen molar-refractivity contribution in [2.24, 2.45) is 0 Å². The maximum absolute atomic E-state index is 4.21. The molecule has 0 aliphatic heterocycles. The maximum atomic E-state index is 4.21. The monoisotopic (exact) mass is 271 g/mol. The Balaban J connectivity index is 2.43. The molecule has 0 N–H and O–H groups in total. The first kappa shape index (κ1) is 7.72. The zero-order valence-electron chi connectivity index (χ0n) is 6.18. The predicted octanol–water partition coefficient (Wildman–Crippen LogP) is 1.87. The van der Waals surface area contributed by atoms with Gasteiger partial charge in [0, 0.05) is 12.4 Å². The van der Waals surface area contributed by atoms with Crippen molar-refractivity contribution in [1.82, 2.24) is 14.5 Å². The van der Waals surface area contributed by atoms with Crippen LogP contribution in [0.3, 0.4) is 0 Å². The Bertz CT molecular complexity index is 352. The molecule has 12 heavy (non-hydrogen) atoms. The zero-order chi connectivity index (χ0) is 8.39. The van der Waals surface area contributed by atoms with E-state index in [4.69, 9.17) is 0 Å². The highest BCUT2D eigenvalue weighted by Crippen LogP contribution is 2.04. The van der Waals surface area contributed by atoms with Crippen molar-refractivity contribution in [2.75, 3.05) is 0 Å². The molecule has 0 saturated heterocycles. The standard InChI is InChI=1S/C8H6IN3/c9-7-5-11-8(6-10-7)12-3-1-2-4-12/h1-6H. The summed E-state index contributed by atoms with van der Waals surface area (Å²) < 4.78 is 2.83. The molecule has 0 unspecified atom stereocenters. The number of halogens is 1. The van der Waals surface area contributed by atoms with E-state index in [-0.39, 0.29) is 0 Å². The van der Waals surface area contributed by atoms with Crippen LogP contribution in [0.5, 0.6) is 0 Å². The van der Waals surface area contributed by atoms with Gasteiger partial charge in [0.05, 0.1) is 12.4 Å². The van der Waals surface area contributed by atoms with Crippen molar-refractivity contribution in [3.63, 3.8) is 0 Å². The molecule has 0 aromatic carbocycles. The minimum Gasteiger partial charge on any atom is -0.307 e. The highest BCUT2D eigenvalue weighted by atomic mass is 127. The van der Waals surface area contributed by atoms with Crippen LogP contribution in [-0.2, 0) is 0 Å². The van der Waals surface area contributed by atoms with E-state index >= 15 is 0 Å². The van der Waals surface area contributed by atoms with Crippen molar-refractivity contribution in [3.8, 4) is 5.82 Å². The quantitative estimate of drug-likeness (QED) is 0.741. The first-order chi connectivity index (χ1) is 5.86. The SMILES string of the molecule is Ic1cnc(-n2cccc2)cn1. The Morgan fingerprint density at radius 2 is 1.83 bits per heavy atom. The summed E-state index contributed by atoms with van der Waals surface area (Å²) in [6.45, 7) is 0. The van der Waals surface area contributed by atoms with Crippen LogP contribution in [0.1, 0.15) is 0 Å². The van der Waals surface area contributed by atoms with Crippen molar-refractivity contribution in [3.05, 3.63) is 40.6 Å². The molecule has 0 spiro atoms. The first-order valence-electron chi connectivity index (χ1n) is 3.47. The van der Waals surface area contributed by atoms with E-state index in [1.165, 1.54) is 0 Å². The molecule has 3 nitrogen and oxygen atoms in total. The molecule has 2 heterocycles. The zero-order valence-corrected chi connectivity index (χ0v) is 8.34. The van der Waals surface area contributed by atoms with E-state index in [1.54, 1.807) is 12.4 Å². The number of nitrogens with zero attached hydrogens (tertiary/aromatic N) is 3. The lowest BCUT2D eigenvalue weighted by Crippen LogP contribution is -1.95. The summed E-state index contributed by atoms with van der Waals surface area (Å²) >= 11 is 2.13. The van der Waals surface area contributed by atoms with Crippen LogP contribution in [0.15, 0.2) is 36.9 Å². The lowest BCUT2D eigenvalue weighted by atomic mass is 10.6. The van der Waals surface area contributed by atoms with Crippen molar-refractivity contribution >= 4 is 22.6 Å². The van der Waals surface area contributed by atoms with E-state index in [0.29, 0.717) is 0 Å². The van der Waals surface area contributed by atoms with Crippen LogP contribution in [0.25, 0.3) is 5.82 Å². The smallest absolute Gasteiger partial charge is 0.155 e. The molecule has 4 heteroatoms. The van der Waals surface area contributed by atoms with Crippen LogP contribution >= 0.6 is 22.6 Å². The third kappa shape index (κ3) is 1.47. The minimum absolute atomic E-state index is 0.848. The molecule has 2 aromatic rings. The third-order valence-corrected chi connectivity index (χ3v) is 2.03. The number of hydrogen-bond acceptors (Lipinski definition) is 2. The molecule has 0 bridgehead atoms. The molecule has 0 amide bonds. The van der Waals surface area contributed by atoms with Gasteiger partial charge >= 0.3 is 0 Å². The molecule has 2 rings (SSSR count). The number of rotatable bonds is 1. The van der Waals surface area contributed by atoms with Crippen LogP contribution < -0.4 is 0 Å². The van der Waals surface area contributed by atoms with Gasteiger partial charge in [-0.3, -0.25) is 0 Å². The van der Waals surface area contributed by atoms with Gasteiger partial charge in [-0.2, -0.15) is 0 Å². The average Bonchev–Trinajstić information content (AvgIpc) is 2.58. The van der Waals surface area contributed by atoms with Gasteiger partial charge in [-0.25, -0.2) is 9.97 Å². The topological polar surface area (TPSA) is 30.7 Å². The summed E-state index contributed by atoms with van der Waals surface area (Å²) in [6.07, 6.45) is 7.38. The molecule has 60 valence electrons. The van der Waals surface area contributed by atoms with Gasteiger partial charge in [-0.15, -0.1) is 0 Å². The molecule has 0 radical (unpaired) electrons. The van der Waals surface area contributed by atoms with E-state index in [9.17, 15) is 0 Å². The van der Waals surface area contributed by atoms with Crippen LogP contribution in [0.4, 0.5) is 0 Å². The van der Waals surface area contributed by atoms with Gasteiger partial charge in [0.15, 0.2) is 5.82 Å². The highest BCUT2D eigenvalue weighted by molar-refractivity contribution is 14.1.